The van der Waals surface area contributed by atoms with Gasteiger partial charge in [-0.05, 0) is 78.9 Å². The van der Waals surface area contributed by atoms with Gasteiger partial charge in [-0.2, -0.15) is 0 Å². The van der Waals surface area contributed by atoms with Gasteiger partial charge >= 0.3 is 5.97 Å². The summed E-state index contributed by atoms with van der Waals surface area (Å²) >= 11 is 5.93. The summed E-state index contributed by atoms with van der Waals surface area (Å²) in [7, 11) is 1.39. The van der Waals surface area contributed by atoms with Crippen molar-refractivity contribution < 1.29 is 14.3 Å². The Morgan fingerprint density at radius 3 is 2.51 bits per heavy atom. The smallest absolute Gasteiger partial charge is 0.337 e. The lowest BCUT2D eigenvalue weighted by molar-refractivity contribution is 0.0600. The predicted molar refractivity (Wildman–Crippen MR) is 155 cm³/mol. The number of hydrogen-bond acceptors (Lipinski definition) is 6. The first-order valence-electron chi connectivity index (χ1n) is 12.9. The maximum absolute atomic E-state index is 12.2. The number of thiocarbonyl (C=S) groups is 1. The number of esters is 1. The molecule has 0 radical (unpaired) electrons. The molecule has 4 aromatic rings. The van der Waals surface area contributed by atoms with Gasteiger partial charge in [0.1, 0.15) is 6.04 Å². The molecule has 198 valence electrons. The zero-order valence-corrected chi connectivity index (χ0v) is 22.4. The van der Waals surface area contributed by atoms with Crippen molar-refractivity contribution in [1.29, 1.82) is 0 Å². The summed E-state index contributed by atoms with van der Waals surface area (Å²) in [6.45, 7) is 3.24. The van der Waals surface area contributed by atoms with E-state index in [1.165, 1.54) is 12.8 Å². The van der Waals surface area contributed by atoms with Crippen LogP contribution in [0, 0.1) is 0 Å². The van der Waals surface area contributed by atoms with Crippen LogP contribution in [-0.4, -0.2) is 54.0 Å². The number of rotatable bonds is 6. The molecule has 0 bridgehead atoms. The SMILES string of the molecule is COC(=O)c1cccc(-n2cccc2C2C(c3ccccn3)NC(=S)N2c2ccc(N3CCOCC3)cc2)c1. The van der Waals surface area contributed by atoms with Gasteiger partial charge < -0.3 is 29.2 Å². The topological polar surface area (TPSA) is 71.9 Å². The molecule has 2 aliphatic heterocycles. The van der Waals surface area contributed by atoms with Crippen molar-refractivity contribution >= 4 is 34.7 Å². The molecule has 0 amide bonds. The molecule has 0 aliphatic carbocycles. The molecule has 2 unspecified atom stereocenters. The number of methoxy groups -OCH3 is 1. The zero-order valence-electron chi connectivity index (χ0n) is 21.6. The number of aromatic nitrogens is 2. The zero-order chi connectivity index (χ0) is 26.8. The van der Waals surface area contributed by atoms with E-state index in [-0.39, 0.29) is 18.1 Å². The van der Waals surface area contributed by atoms with Gasteiger partial charge in [-0.1, -0.05) is 12.1 Å². The van der Waals surface area contributed by atoms with Crippen LogP contribution in [0.1, 0.15) is 33.8 Å². The summed E-state index contributed by atoms with van der Waals surface area (Å²) in [4.78, 5) is 21.4. The van der Waals surface area contributed by atoms with Crippen LogP contribution < -0.4 is 15.1 Å². The van der Waals surface area contributed by atoms with E-state index in [9.17, 15) is 4.79 Å². The van der Waals surface area contributed by atoms with Crippen LogP contribution in [0.25, 0.3) is 5.69 Å². The summed E-state index contributed by atoms with van der Waals surface area (Å²) in [5, 5.41) is 4.16. The third-order valence-corrected chi connectivity index (χ3v) is 7.55. The van der Waals surface area contributed by atoms with Gasteiger partial charge in [0.25, 0.3) is 0 Å². The van der Waals surface area contributed by atoms with Crippen molar-refractivity contribution in [2.45, 2.75) is 12.1 Å². The van der Waals surface area contributed by atoms with E-state index in [1.54, 1.807) is 12.3 Å². The van der Waals surface area contributed by atoms with Crippen molar-refractivity contribution in [3.8, 4) is 5.69 Å². The molecule has 1 N–H and O–H groups in total. The number of carbonyl (C=O) groups excluding carboxylic acids is 1. The third-order valence-electron chi connectivity index (χ3n) is 7.23. The normalized spacial score (nSPS) is 19.2. The highest BCUT2D eigenvalue weighted by Crippen LogP contribution is 2.42. The van der Waals surface area contributed by atoms with E-state index in [0.29, 0.717) is 10.7 Å². The minimum Gasteiger partial charge on any atom is -0.465 e. The van der Waals surface area contributed by atoms with Crippen LogP contribution in [0.5, 0.6) is 0 Å². The van der Waals surface area contributed by atoms with Gasteiger partial charge in [0.2, 0.25) is 0 Å². The summed E-state index contributed by atoms with van der Waals surface area (Å²) in [6, 6.07) is 25.6. The number of pyridine rings is 1. The third kappa shape index (κ3) is 4.86. The highest BCUT2D eigenvalue weighted by Gasteiger charge is 2.42. The van der Waals surface area contributed by atoms with Gasteiger partial charge in [-0.15, -0.1) is 0 Å². The number of nitrogens with zero attached hydrogens (tertiary/aromatic N) is 4. The molecule has 0 saturated carbocycles. The molecular formula is C30H29N5O3S. The Bertz CT molecular complexity index is 1470. The lowest BCUT2D eigenvalue weighted by Crippen LogP contribution is -2.36. The quantitative estimate of drug-likeness (QED) is 0.280. The molecule has 2 fully saturated rings. The molecule has 8 nitrogen and oxygen atoms in total. The Kier molecular flexibility index (Phi) is 7.00. The van der Waals surface area contributed by atoms with Crippen LogP contribution in [0.15, 0.2) is 91.3 Å². The van der Waals surface area contributed by atoms with Gasteiger partial charge in [0.05, 0.1) is 37.6 Å². The van der Waals surface area contributed by atoms with Crippen LogP contribution >= 0.6 is 12.2 Å². The Balaban J connectivity index is 1.42. The molecule has 2 atom stereocenters. The molecule has 2 aromatic carbocycles. The summed E-state index contributed by atoms with van der Waals surface area (Å²) in [5.41, 5.74) is 5.42. The average molecular weight is 540 g/mol. The molecular weight excluding hydrogens is 510 g/mol. The Morgan fingerprint density at radius 2 is 1.77 bits per heavy atom. The highest BCUT2D eigenvalue weighted by molar-refractivity contribution is 7.80. The minimum atomic E-state index is -0.373. The van der Waals surface area contributed by atoms with E-state index < -0.39 is 0 Å². The average Bonchev–Trinajstić information content (AvgIpc) is 3.62. The molecule has 2 saturated heterocycles. The fraction of sp³-hybridized carbons (Fsp3) is 0.233. The first-order valence-corrected chi connectivity index (χ1v) is 13.3. The lowest BCUT2D eigenvalue weighted by Gasteiger charge is -2.31. The van der Waals surface area contributed by atoms with E-state index in [4.69, 9.17) is 21.7 Å². The predicted octanol–water partition coefficient (Wildman–Crippen LogP) is 4.67. The van der Waals surface area contributed by atoms with Crippen molar-refractivity contribution in [3.05, 3.63) is 108 Å². The van der Waals surface area contributed by atoms with Gasteiger partial charge in [-0.3, -0.25) is 4.98 Å². The number of anilines is 2. The number of ether oxygens (including phenoxy) is 2. The summed E-state index contributed by atoms with van der Waals surface area (Å²) < 4.78 is 12.6. The van der Waals surface area contributed by atoms with Crippen LogP contribution in [0.3, 0.4) is 0 Å². The second-order valence-corrected chi connectivity index (χ2v) is 9.84. The number of carbonyl (C=O) groups is 1. The van der Waals surface area contributed by atoms with E-state index in [0.717, 1.165) is 49.1 Å². The molecule has 9 heteroatoms. The van der Waals surface area contributed by atoms with Gasteiger partial charge in [0.15, 0.2) is 5.11 Å². The molecule has 0 spiro atoms. The minimum absolute atomic E-state index is 0.185. The Labute approximate surface area is 232 Å². The maximum Gasteiger partial charge on any atom is 0.337 e. The lowest BCUT2D eigenvalue weighted by atomic mass is 10.0. The maximum atomic E-state index is 12.2. The first kappa shape index (κ1) is 25.1. The largest absolute Gasteiger partial charge is 0.465 e. The second kappa shape index (κ2) is 10.9. The number of hydrogen-bond donors (Lipinski definition) is 1. The fourth-order valence-electron chi connectivity index (χ4n) is 5.35. The number of benzene rings is 2. The number of morpholine rings is 1. The standard InChI is InChI=1S/C30H29N5O3S/c1-37-29(36)21-6-4-7-24(20-21)34-15-5-9-26(34)28-27(25-8-2-3-14-31-25)32-30(39)35(28)23-12-10-22(11-13-23)33-16-18-38-19-17-33/h2-15,20,27-28H,16-19H2,1H3,(H,32,39). The van der Waals surface area contributed by atoms with Crippen molar-refractivity contribution in [1.82, 2.24) is 14.9 Å². The van der Waals surface area contributed by atoms with Gasteiger partial charge in [0, 0.05) is 48.2 Å². The molecule has 39 heavy (non-hydrogen) atoms. The van der Waals surface area contributed by atoms with E-state index >= 15 is 0 Å². The monoisotopic (exact) mass is 539 g/mol. The fourth-order valence-corrected chi connectivity index (χ4v) is 5.70. The molecule has 4 heterocycles. The van der Waals surface area contributed by atoms with Crippen LogP contribution in [-0.2, 0) is 9.47 Å². The first-order chi connectivity index (χ1) is 19.1. The van der Waals surface area contributed by atoms with Crippen LogP contribution in [0.2, 0.25) is 0 Å². The highest BCUT2D eigenvalue weighted by atomic mass is 32.1. The van der Waals surface area contributed by atoms with Crippen molar-refractivity contribution in [2.24, 2.45) is 0 Å². The Morgan fingerprint density at radius 1 is 0.974 bits per heavy atom. The summed E-state index contributed by atoms with van der Waals surface area (Å²) in [5.74, 6) is -0.373. The van der Waals surface area contributed by atoms with E-state index in [1.807, 2.05) is 48.7 Å². The van der Waals surface area contributed by atoms with E-state index in [2.05, 4.69) is 55.0 Å². The second-order valence-electron chi connectivity index (χ2n) is 9.46. The molecule has 2 aromatic heterocycles. The summed E-state index contributed by atoms with van der Waals surface area (Å²) in [6.07, 6.45) is 3.80. The molecule has 2 aliphatic rings. The molecule has 6 rings (SSSR count). The number of nitrogens with one attached hydrogen (secondary N) is 1. The van der Waals surface area contributed by atoms with Crippen molar-refractivity contribution in [3.63, 3.8) is 0 Å². The van der Waals surface area contributed by atoms with Gasteiger partial charge in [-0.25, -0.2) is 4.79 Å². The van der Waals surface area contributed by atoms with Crippen molar-refractivity contribution in [2.75, 3.05) is 43.2 Å². The Hall–Kier alpha value is -4.21. The van der Waals surface area contributed by atoms with Crippen LogP contribution in [0.4, 0.5) is 11.4 Å².